The minimum Gasteiger partial charge on any atom is -0.480 e. The maximum Gasteiger partial charge on any atom is 0.326 e. The first-order chi connectivity index (χ1) is 18.3. The van der Waals surface area contributed by atoms with Gasteiger partial charge in [-0.1, -0.05) is 45.9 Å². The van der Waals surface area contributed by atoms with Crippen LogP contribution in [0.1, 0.15) is 52.5 Å². The van der Waals surface area contributed by atoms with Gasteiger partial charge in [0.15, 0.2) is 0 Å². The highest BCUT2D eigenvalue weighted by atomic mass is 16.4. The Bertz CT molecular complexity index is 1180. The summed E-state index contributed by atoms with van der Waals surface area (Å²) in [4.78, 5) is 64.9. The number of fused-ring (bicyclic) bond motifs is 1. The molecular weight excluding hydrogens is 504 g/mol. The van der Waals surface area contributed by atoms with Gasteiger partial charge in [0, 0.05) is 23.5 Å². The molecule has 0 radical (unpaired) electrons. The Hall–Kier alpha value is -3.93. The van der Waals surface area contributed by atoms with Gasteiger partial charge in [-0.3, -0.25) is 19.2 Å². The van der Waals surface area contributed by atoms with Gasteiger partial charge in [-0.2, -0.15) is 0 Å². The first-order valence-corrected chi connectivity index (χ1v) is 13.0. The number of aliphatic carboxylic acids is 1. The summed E-state index contributed by atoms with van der Waals surface area (Å²) in [5.74, 6) is -4.19. The maximum absolute atomic E-state index is 13.2. The predicted molar refractivity (Wildman–Crippen MR) is 146 cm³/mol. The number of carboxylic acids is 1. The Kier molecular flexibility index (Phi) is 11.5. The molecule has 1 aromatic carbocycles. The summed E-state index contributed by atoms with van der Waals surface area (Å²) in [5.41, 5.74) is 13.1. The van der Waals surface area contributed by atoms with Crippen molar-refractivity contribution in [3.63, 3.8) is 0 Å². The van der Waals surface area contributed by atoms with Gasteiger partial charge in [0.1, 0.15) is 18.1 Å². The van der Waals surface area contributed by atoms with E-state index in [4.69, 9.17) is 11.5 Å². The number of aromatic amines is 1. The Morgan fingerprint density at radius 1 is 0.923 bits per heavy atom. The number of carboxylic acid groups (broad SMARTS) is 1. The summed E-state index contributed by atoms with van der Waals surface area (Å²) >= 11 is 0. The molecule has 0 aliphatic carbocycles. The molecule has 4 atom stereocenters. The number of amides is 4. The van der Waals surface area contributed by atoms with Crippen LogP contribution in [-0.4, -0.2) is 63.9 Å². The molecule has 0 saturated carbocycles. The summed E-state index contributed by atoms with van der Waals surface area (Å²) < 4.78 is 0. The first kappa shape index (κ1) is 31.3. The number of H-pyrrole nitrogens is 1. The molecule has 39 heavy (non-hydrogen) atoms. The number of aromatic nitrogens is 1. The van der Waals surface area contributed by atoms with Crippen LogP contribution in [0.15, 0.2) is 30.5 Å². The lowest BCUT2D eigenvalue weighted by Gasteiger charge is -2.27. The highest BCUT2D eigenvalue weighted by Gasteiger charge is 2.32. The molecule has 2 rings (SSSR count). The van der Waals surface area contributed by atoms with E-state index in [9.17, 15) is 29.1 Å². The minimum atomic E-state index is -1.35. The van der Waals surface area contributed by atoms with Crippen LogP contribution in [0.25, 0.3) is 10.9 Å². The van der Waals surface area contributed by atoms with Gasteiger partial charge >= 0.3 is 5.97 Å². The number of carbonyl (C=O) groups excluding carboxylic acids is 4. The highest BCUT2D eigenvalue weighted by molar-refractivity contribution is 5.94. The molecule has 0 spiro atoms. The number of para-hydroxylation sites is 1. The fourth-order valence-corrected chi connectivity index (χ4v) is 4.21. The molecule has 1 aromatic heterocycles. The lowest BCUT2D eigenvalue weighted by atomic mass is 9.98. The number of hydrogen-bond donors (Lipinski definition) is 7. The largest absolute Gasteiger partial charge is 0.480 e. The van der Waals surface area contributed by atoms with E-state index in [1.807, 2.05) is 38.1 Å². The molecule has 1 heterocycles. The number of benzene rings is 1. The molecule has 9 N–H and O–H groups in total. The van der Waals surface area contributed by atoms with Crippen molar-refractivity contribution in [3.8, 4) is 0 Å². The number of nitrogens with two attached hydrogens (primary N) is 2. The van der Waals surface area contributed by atoms with Crippen LogP contribution in [0.5, 0.6) is 0 Å². The van der Waals surface area contributed by atoms with Crippen molar-refractivity contribution in [1.82, 2.24) is 20.9 Å². The van der Waals surface area contributed by atoms with Crippen molar-refractivity contribution in [2.75, 3.05) is 0 Å². The van der Waals surface area contributed by atoms with Crippen molar-refractivity contribution >= 4 is 40.5 Å². The number of nitrogens with one attached hydrogen (secondary N) is 4. The smallest absolute Gasteiger partial charge is 0.326 e. The zero-order valence-corrected chi connectivity index (χ0v) is 22.8. The zero-order chi connectivity index (χ0) is 29.3. The van der Waals surface area contributed by atoms with E-state index in [0.29, 0.717) is 0 Å². The van der Waals surface area contributed by atoms with Crippen molar-refractivity contribution in [3.05, 3.63) is 36.0 Å². The second kappa shape index (κ2) is 14.3. The molecule has 214 valence electrons. The molecule has 0 bridgehead atoms. The van der Waals surface area contributed by atoms with E-state index in [1.54, 1.807) is 20.0 Å². The van der Waals surface area contributed by atoms with Gasteiger partial charge < -0.3 is 37.5 Å². The van der Waals surface area contributed by atoms with E-state index in [-0.39, 0.29) is 37.5 Å². The number of carbonyl (C=O) groups is 5. The summed E-state index contributed by atoms with van der Waals surface area (Å²) in [7, 11) is 0. The molecule has 0 fully saturated rings. The predicted octanol–water partition coefficient (Wildman–Crippen LogP) is 0.544. The van der Waals surface area contributed by atoms with Crippen LogP contribution < -0.4 is 27.4 Å². The van der Waals surface area contributed by atoms with Crippen LogP contribution in [0.4, 0.5) is 0 Å². The molecule has 2 aromatic rings. The molecule has 0 aliphatic rings. The Morgan fingerprint density at radius 2 is 1.56 bits per heavy atom. The van der Waals surface area contributed by atoms with Gasteiger partial charge in [0.05, 0.1) is 6.04 Å². The van der Waals surface area contributed by atoms with Crippen LogP contribution in [0.3, 0.4) is 0 Å². The summed E-state index contributed by atoms with van der Waals surface area (Å²) in [6, 6.07) is 3.32. The van der Waals surface area contributed by atoms with Crippen LogP contribution in [-0.2, 0) is 30.4 Å². The van der Waals surface area contributed by atoms with Gasteiger partial charge in [-0.25, -0.2) is 4.79 Å². The van der Waals surface area contributed by atoms with E-state index >= 15 is 0 Å². The summed E-state index contributed by atoms with van der Waals surface area (Å²) in [5, 5.41) is 18.1. The molecule has 0 aliphatic heterocycles. The Balaban J connectivity index is 2.10. The van der Waals surface area contributed by atoms with Crippen molar-refractivity contribution in [2.45, 2.75) is 77.5 Å². The van der Waals surface area contributed by atoms with Crippen LogP contribution in [0, 0.1) is 11.8 Å². The topological polar surface area (TPSA) is 209 Å². The van der Waals surface area contributed by atoms with E-state index in [1.165, 1.54) is 0 Å². The second-order valence-corrected chi connectivity index (χ2v) is 10.5. The third-order valence-corrected chi connectivity index (χ3v) is 6.33. The standard InChI is InChI=1S/C27H40N6O6/c1-14(2)11-21(25(36)31-20(27(38)39)9-10-22(29)34)32-26(37)23(15(3)4)33-24(35)18(28)12-16-13-30-19-8-6-5-7-17(16)19/h5-8,13-15,18,20-21,23,30H,9-12,28H2,1-4H3,(H2,29,34)(H,31,36)(H,32,37)(H,33,35)(H,38,39)/t18-,20-,21-,23-/m0/s1. The minimum absolute atomic E-state index is 0.0216. The zero-order valence-electron chi connectivity index (χ0n) is 22.8. The molecular formula is C27H40N6O6. The van der Waals surface area contributed by atoms with Crippen molar-refractivity contribution in [1.29, 1.82) is 0 Å². The molecule has 12 heteroatoms. The van der Waals surface area contributed by atoms with Crippen LogP contribution >= 0.6 is 0 Å². The van der Waals surface area contributed by atoms with E-state index in [0.717, 1.165) is 16.5 Å². The third-order valence-electron chi connectivity index (χ3n) is 6.33. The Morgan fingerprint density at radius 3 is 2.15 bits per heavy atom. The molecule has 0 unspecified atom stereocenters. The number of rotatable bonds is 15. The van der Waals surface area contributed by atoms with Gasteiger partial charge in [-0.05, 0) is 42.7 Å². The monoisotopic (exact) mass is 544 g/mol. The third kappa shape index (κ3) is 9.40. The second-order valence-electron chi connectivity index (χ2n) is 10.5. The highest BCUT2D eigenvalue weighted by Crippen LogP contribution is 2.19. The quantitative estimate of drug-likeness (QED) is 0.169. The van der Waals surface area contributed by atoms with Gasteiger partial charge in [0.25, 0.3) is 0 Å². The lowest BCUT2D eigenvalue weighted by molar-refractivity contribution is -0.142. The van der Waals surface area contributed by atoms with Gasteiger partial charge in [-0.15, -0.1) is 0 Å². The summed E-state index contributed by atoms with van der Waals surface area (Å²) in [6.07, 6.45) is 1.87. The average Bonchev–Trinajstić information content (AvgIpc) is 3.26. The SMILES string of the molecule is CC(C)C[C@H](NC(=O)[C@@H](NC(=O)[C@@H](N)Cc1c[nH]c2ccccc12)C(C)C)C(=O)N[C@@H](CCC(N)=O)C(=O)O. The number of primary amides is 1. The fraction of sp³-hybridized carbons (Fsp3) is 0.519. The molecule has 0 saturated heterocycles. The number of hydrogen-bond acceptors (Lipinski definition) is 6. The van der Waals surface area contributed by atoms with Gasteiger partial charge in [0.2, 0.25) is 23.6 Å². The molecule has 12 nitrogen and oxygen atoms in total. The Labute approximate surface area is 227 Å². The average molecular weight is 545 g/mol. The first-order valence-electron chi connectivity index (χ1n) is 13.0. The summed E-state index contributed by atoms with van der Waals surface area (Å²) in [6.45, 7) is 7.19. The van der Waals surface area contributed by atoms with E-state index < -0.39 is 53.8 Å². The fourth-order valence-electron chi connectivity index (χ4n) is 4.21. The lowest BCUT2D eigenvalue weighted by Crippen LogP contribution is -2.58. The normalized spacial score (nSPS) is 14.4. The molecule has 4 amide bonds. The van der Waals surface area contributed by atoms with Crippen LogP contribution in [0.2, 0.25) is 0 Å². The van der Waals surface area contributed by atoms with E-state index in [2.05, 4.69) is 20.9 Å². The van der Waals surface area contributed by atoms with Crippen molar-refractivity contribution in [2.24, 2.45) is 23.3 Å². The van der Waals surface area contributed by atoms with Crippen molar-refractivity contribution < 1.29 is 29.1 Å². The maximum atomic E-state index is 13.2.